The van der Waals surface area contributed by atoms with Crippen molar-refractivity contribution in [2.75, 3.05) is 5.73 Å². The maximum absolute atomic E-state index is 10.9. The van der Waals surface area contributed by atoms with Crippen LogP contribution in [0.2, 0.25) is 0 Å². The second-order valence-electron chi connectivity index (χ2n) is 3.70. The van der Waals surface area contributed by atoms with Gasteiger partial charge in [-0.1, -0.05) is 13.8 Å². The van der Waals surface area contributed by atoms with Gasteiger partial charge in [-0.2, -0.15) is 0 Å². The van der Waals surface area contributed by atoms with Crippen LogP contribution in [-0.4, -0.2) is 20.6 Å². The van der Waals surface area contributed by atoms with Gasteiger partial charge < -0.3 is 15.4 Å². The Bertz CT molecular complexity index is 355. The van der Waals surface area contributed by atoms with Gasteiger partial charge in [0.1, 0.15) is 5.82 Å². The minimum Gasteiger partial charge on any atom is -0.476 e. The molecule has 1 rings (SSSR count). The summed E-state index contributed by atoms with van der Waals surface area (Å²) in [7, 11) is 0. The van der Waals surface area contributed by atoms with Crippen molar-refractivity contribution in [1.82, 2.24) is 9.55 Å². The second kappa shape index (κ2) is 3.69. The third-order valence-corrected chi connectivity index (χ3v) is 1.94. The number of nitrogens with two attached hydrogens (primary N) is 1. The average Bonchev–Trinajstić information content (AvgIpc) is 2.25. The van der Waals surface area contributed by atoms with E-state index in [1.165, 1.54) is 0 Å². The Labute approximate surface area is 82.6 Å². The molecular formula is C9H15N3O2. The predicted octanol–water partition coefficient (Wildman–Crippen LogP) is 1.13. The summed E-state index contributed by atoms with van der Waals surface area (Å²) < 4.78 is 1.64. The van der Waals surface area contributed by atoms with Crippen molar-refractivity contribution in [2.45, 2.75) is 27.3 Å². The average molecular weight is 197 g/mol. The van der Waals surface area contributed by atoms with Crippen LogP contribution in [0.3, 0.4) is 0 Å². The van der Waals surface area contributed by atoms with E-state index in [-0.39, 0.29) is 11.5 Å². The number of aromatic carboxylic acids is 1. The minimum atomic E-state index is -1.02. The Morgan fingerprint density at radius 3 is 2.64 bits per heavy atom. The van der Waals surface area contributed by atoms with E-state index in [1.54, 1.807) is 11.5 Å². The Morgan fingerprint density at radius 1 is 1.64 bits per heavy atom. The molecule has 0 fully saturated rings. The lowest BCUT2D eigenvalue weighted by molar-refractivity contribution is 0.0685. The van der Waals surface area contributed by atoms with Crippen LogP contribution in [0.25, 0.3) is 0 Å². The lowest BCUT2D eigenvalue weighted by atomic mass is 10.2. The van der Waals surface area contributed by atoms with Crippen molar-refractivity contribution in [3.05, 3.63) is 11.5 Å². The number of hydrogen-bond acceptors (Lipinski definition) is 3. The molecule has 0 saturated carbocycles. The van der Waals surface area contributed by atoms with Crippen LogP contribution >= 0.6 is 0 Å². The summed E-state index contributed by atoms with van der Waals surface area (Å²) in [6, 6.07) is 0. The highest BCUT2D eigenvalue weighted by Gasteiger charge is 2.18. The standard InChI is InChI=1S/C9H15N3O2/c1-5(2)4-12-6(3)11-8(10)7(12)9(13)14/h5H,4,10H2,1-3H3,(H,13,14). The highest BCUT2D eigenvalue weighted by Crippen LogP contribution is 2.15. The first-order chi connectivity index (χ1) is 6.43. The van der Waals surface area contributed by atoms with Crippen molar-refractivity contribution < 1.29 is 9.90 Å². The number of carboxylic acid groups (broad SMARTS) is 1. The van der Waals surface area contributed by atoms with Gasteiger partial charge in [-0.25, -0.2) is 9.78 Å². The van der Waals surface area contributed by atoms with Gasteiger partial charge in [0.15, 0.2) is 11.5 Å². The van der Waals surface area contributed by atoms with E-state index in [4.69, 9.17) is 10.8 Å². The number of rotatable bonds is 3. The molecule has 0 aliphatic heterocycles. The highest BCUT2D eigenvalue weighted by atomic mass is 16.4. The normalized spacial score (nSPS) is 10.9. The molecule has 5 heteroatoms. The quantitative estimate of drug-likeness (QED) is 0.761. The summed E-state index contributed by atoms with van der Waals surface area (Å²) in [5.41, 5.74) is 5.60. The van der Waals surface area contributed by atoms with E-state index in [2.05, 4.69) is 4.98 Å². The molecule has 14 heavy (non-hydrogen) atoms. The summed E-state index contributed by atoms with van der Waals surface area (Å²) in [6.07, 6.45) is 0. The van der Waals surface area contributed by atoms with Gasteiger partial charge in [-0.05, 0) is 12.8 Å². The van der Waals surface area contributed by atoms with E-state index < -0.39 is 5.97 Å². The van der Waals surface area contributed by atoms with Crippen molar-refractivity contribution >= 4 is 11.8 Å². The SMILES string of the molecule is Cc1nc(N)c(C(=O)O)n1CC(C)C. The van der Waals surface area contributed by atoms with Crippen molar-refractivity contribution in [1.29, 1.82) is 0 Å². The third-order valence-electron chi connectivity index (χ3n) is 1.94. The van der Waals surface area contributed by atoms with E-state index in [0.29, 0.717) is 18.3 Å². The van der Waals surface area contributed by atoms with Gasteiger partial charge >= 0.3 is 5.97 Å². The number of aromatic nitrogens is 2. The molecule has 0 amide bonds. The fourth-order valence-corrected chi connectivity index (χ4v) is 1.40. The molecule has 1 aromatic rings. The first kappa shape index (κ1) is 10.6. The number of nitrogen functional groups attached to an aromatic ring is 1. The first-order valence-electron chi connectivity index (χ1n) is 4.49. The fourth-order valence-electron chi connectivity index (χ4n) is 1.40. The van der Waals surface area contributed by atoms with Crippen LogP contribution in [0.15, 0.2) is 0 Å². The number of imidazole rings is 1. The number of carboxylic acids is 1. The molecule has 5 nitrogen and oxygen atoms in total. The van der Waals surface area contributed by atoms with E-state index >= 15 is 0 Å². The summed E-state index contributed by atoms with van der Waals surface area (Å²) in [5.74, 6) is 0.0772. The molecule has 1 heterocycles. The first-order valence-corrected chi connectivity index (χ1v) is 4.49. The third kappa shape index (κ3) is 1.86. The van der Waals surface area contributed by atoms with E-state index in [1.807, 2.05) is 13.8 Å². The summed E-state index contributed by atoms with van der Waals surface area (Å²) in [4.78, 5) is 14.8. The Morgan fingerprint density at radius 2 is 2.21 bits per heavy atom. The number of hydrogen-bond donors (Lipinski definition) is 2. The number of carbonyl (C=O) groups is 1. The van der Waals surface area contributed by atoms with Crippen molar-refractivity contribution in [2.24, 2.45) is 5.92 Å². The Hall–Kier alpha value is -1.52. The van der Waals surface area contributed by atoms with Gasteiger partial charge in [0.2, 0.25) is 0 Å². The van der Waals surface area contributed by atoms with Crippen LogP contribution in [0.4, 0.5) is 5.82 Å². The number of anilines is 1. The van der Waals surface area contributed by atoms with Gasteiger partial charge in [-0.15, -0.1) is 0 Å². The Balaban J connectivity index is 3.18. The Kier molecular flexibility index (Phi) is 2.78. The summed E-state index contributed by atoms with van der Waals surface area (Å²) in [5, 5.41) is 8.93. The van der Waals surface area contributed by atoms with Crippen molar-refractivity contribution in [3.8, 4) is 0 Å². The molecular weight excluding hydrogens is 182 g/mol. The molecule has 1 aromatic heterocycles. The summed E-state index contributed by atoms with van der Waals surface area (Å²) in [6.45, 7) is 6.41. The number of nitrogens with zero attached hydrogens (tertiary/aromatic N) is 2. The molecule has 0 bridgehead atoms. The highest BCUT2D eigenvalue weighted by molar-refractivity contribution is 5.90. The molecule has 0 aliphatic carbocycles. The smallest absolute Gasteiger partial charge is 0.356 e. The fraction of sp³-hybridized carbons (Fsp3) is 0.556. The van der Waals surface area contributed by atoms with Crippen LogP contribution in [-0.2, 0) is 6.54 Å². The van der Waals surface area contributed by atoms with Crippen molar-refractivity contribution in [3.63, 3.8) is 0 Å². The van der Waals surface area contributed by atoms with Gasteiger partial charge in [-0.3, -0.25) is 0 Å². The molecule has 0 atom stereocenters. The van der Waals surface area contributed by atoms with Crippen LogP contribution in [0.1, 0.15) is 30.2 Å². The summed E-state index contributed by atoms with van der Waals surface area (Å²) >= 11 is 0. The lowest BCUT2D eigenvalue weighted by Gasteiger charge is -2.10. The van der Waals surface area contributed by atoms with Crippen LogP contribution in [0.5, 0.6) is 0 Å². The zero-order valence-electron chi connectivity index (χ0n) is 8.61. The topological polar surface area (TPSA) is 81.1 Å². The minimum absolute atomic E-state index is 0.0932. The monoisotopic (exact) mass is 197 g/mol. The maximum atomic E-state index is 10.9. The molecule has 0 unspecified atom stereocenters. The maximum Gasteiger partial charge on any atom is 0.356 e. The molecule has 0 spiro atoms. The largest absolute Gasteiger partial charge is 0.476 e. The molecule has 0 radical (unpaired) electrons. The van der Waals surface area contributed by atoms with Crippen LogP contribution in [0, 0.1) is 12.8 Å². The predicted molar refractivity (Wildman–Crippen MR) is 53.2 cm³/mol. The molecule has 78 valence electrons. The lowest BCUT2D eigenvalue weighted by Crippen LogP contribution is -2.14. The number of aryl methyl sites for hydroxylation is 1. The van der Waals surface area contributed by atoms with Gasteiger partial charge in [0, 0.05) is 6.54 Å². The zero-order chi connectivity index (χ0) is 10.9. The van der Waals surface area contributed by atoms with E-state index in [9.17, 15) is 4.79 Å². The van der Waals surface area contributed by atoms with Crippen LogP contribution < -0.4 is 5.73 Å². The zero-order valence-corrected chi connectivity index (χ0v) is 8.61. The van der Waals surface area contributed by atoms with Gasteiger partial charge in [0.25, 0.3) is 0 Å². The molecule has 0 aliphatic rings. The molecule has 0 saturated heterocycles. The molecule has 0 aromatic carbocycles. The second-order valence-corrected chi connectivity index (χ2v) is 3.70. The van der Waals surface area contributed by atoms with Gasteiger partial charge in [0.05, 0.1) is 0 Å². The van der Waals surface area contributed by atoms with E-state index in [0.717, 1.165) is 0 Å². The molecule has 3 N–H and O–H groups in total.